The van der Waals surface area contributed by atoms with Gasteiger partial charge < -0.3 is 4.90 Å². The summed E-state index contributed by atoms with van der Waals surface area (Å²) in [4.78, 5) is 19.1. The number of halogens is 1. The van der Waals surface area contributed by atoms with Crippen LogP contribution in [0.1, 0.15) is 30.9 Å². The lowest BCUT2D eigenvalue weighted by Gasteiger charge is -2.28. The van der Waals surface area contributed by atoms with Gasteiger partial charge in [-0.15, -0.1) is 0 Å². The van der Waals surface area contributed by atoms with Gasteiger partial charge in [-0.25, -0.2) is 8.42 Å². The van der Waals surface area contributed by atoms with Crippen molar-refractivity contribution < 1.29 is 13.2 Å². The lowest BCUT2D eigenvalue weighted by atomic mass is 9.99. The summed E-state index contributed by atoms with van der Waals surface area (Å²) in [6, 6.07) is 14.9. The maximum atomic E-state index is 12.7. The first kappa shape index (κ1) is 21.4. The summed E-state index contributed by atoms with van der Waals surface area (Å²) in [7, 11) is -3.10. The van der Waals surface area contributed by atoms with Crippen molar-refractivity contribution in [2.75, 3.05) is 16.4 Å². The first-order valence-corrected chi connectivity index (χ1v) is 12.9. The van der Waals surface area contributed by atoms with Gasteiger partial charge in [-0.2, -0.15) is 4.99 Å². The smallest absolute Gasteiger partial charge is 0.252 e. The molecule has 8 heteroatoms. The van der Waals surface area contributed by atoms with Crippen LogP contribution in [-0.4, -0.2) is 42.3 Å². The van der Waals surface area contributed by atoms with E-state index in [-0.39, 0.29) is 41.0 Å². The molecule has 2 fully saturated rings. The standard InChI is InChI=1S/C22H23ClN2O3S2/c1-14(2)17-5-3-4-6-18(17)25-19-12-30(27,28)13-20(19)29-22(25)24-21(26)11-15-7-9-16(23)10-8-15/h3-10,14,19-20H,11-13H2,1-2H3. The predicted octanol–water partition coefficient (Wildman–Crippen LogP) is 4.31. The summed E-state index contributed by atoms with van der Waals surface area (Å²) < 4.78 is 24.6. The van der Waals surface area contributed by atoms with Crippen LogP contribution >= 0.6 is 23.4 Å². The molecule has 0 aliphatic carbocycles. The molecule has 2 saturated heterocycles. The highest BCUT2D eigenvalue weighted by Crippen LogP contribution is 2.43. The first-order valence-electron chi connectivity index (χ1n) is 9.85. The maximum Gasteiger partial charge on any atom is 0.252 e. The number of amidine groups is 1. The maximum absolute atomic E-state index is 12.7. The van der Waals surface area contributed by atoms with E-state index in [2.05, 4.69) is 24.9 Å². The van der Waals surface area contributed by atoms with Gasteiger partial charge in [-0.1, -0.05) is 67.5 Å². The fraction of sp³-hybridized carbons (Fsp3) is 0.364. The van der Waals surface area contributed by atoms with Crippen LogP contribution in [0.25, 0.3) is 0 Å². The summed E-state index contributed by atoms with van der Waals surface area (Å²) in [5.41, 5.74) is 2.89. The molecule has 2 aromatic rings. The Bertz CT molecular complexity index is 1100. The third kappa shape index (κ3) is 4.43. The number of fused-ring (bicyclic) bond motifs is 1. The van der Waals surface area contributed by atoms with E-state index in [0.717, 1.165) is 16.8 Å². The number of nitrogens with zero attached hydrogens (tertiary/aromatic N) is 2. The van der Waals surface area contributed by atoms with Gasteiger partial charge >= 0.3 is 0 Å². The molecule has 1 amide bonds. The number of benzene rings is 2. The van der Waals surface area contributed by atoms with Crippen molar-refractivity contribution in [1.29, 1.82) is 0 Å². The number of carbonyl (C=O) groups excluding carboxylic acids is 1. The number of sulfone groups is 1. The molecule has 0 saturated carbocycles. The summed E-state index contributed by atoms with van der Waals surface area (Å²) in [6.45, 7) is 4.21. The molecule has 30 heavy (non-hydrogen) atoms. The molecule has 2 aliphatic rings. The normalized spacial score (nSPS) is 23.9. The van der Waals surface area contributed by atoms with Gasteiger partial charge in [-0.3, -0.25) is 4.79 Å². The van der Waals surface area contributed by atoms with Crippen LogP contribution in [0.3, 0.4) is 0 Å². The molecule has 0 radical (unpaired) electrons. The molecule has 0 spiro atoms. The van der Waals surface area contributed by atoms with Crippen LogP contribution in [0, 0.1) is 0 Å². The number of hydrogen-bond acceptors (Lipinski definition) is 4. The summed E-state index contributed by atoms with van der Waals surface area (Å²) in [5, 5.41) is 1.10. The number of hydrogen-bond donors (Lipinski definition) is 0. The molecular weight excluding hydrogens is 440 g/mol. The van der Waals surface area contributed by atoms with Crippen molar-refractivity contribution >= 4 is 50.0 Å². The van der Waals surface area contributed by atoms with Crippen LogP contribution in [0.5, 0.6) is 0 Å². The molecule has 2 heterocycles. The van der Waals surface area contributed by atoms with Gasteiger partial charge in [0.2, 0.25) is 0 Å². The Morgan fingerprint density at radius 2 is 1.87 bits per heavy atom. The fourth-order valence-electron chi connectivity index (χ4n) is 3.96. The second kappa shape index (κ2) is 8.36. The quantitative estimate of drug-likeness (QED) is 0.677. The molecule has 158 valence electrons. The average molecular weight is 463 g/mol. The lowest BCUT2D eigenvalue weighted by molar-refractivity contribution is -0.117. The molecule has 2 atom stereocenters. The van der Waals surface area contributed by atoms with E-state index in [1.165, 1.54) is 11.8 Å². The largest absolute Gasteiger partial charge is 0.315 e. The molecule has 2 aromatic carbocycles. The van der Waals surface area contributed by atoms with E-state index in [1.54, 1.807) is 12.1 Å². The average Bonchev–Trinajstić information content (AvgIpc) is 3.14. The van der Waals surface area contributed by atoms with E-state index in [4.69, 9.17) is 11.6 Å². The molecule has 5 nitrogen and oxygen atoms in total. The Morgan fingerprint density at radius 1 is 1.17 bits per heavy atom. The second-order valence-electron chi connectivity index (χ2n) is 7.98. The van der Waals surface area contributed by atoms with Gasteiger partial charge in [0.25, 0.3) is 5.91 Å². The monoisotopic (exact) mass is 462 g/mol. The molecule has 0 N–H and O–H groups in total. The highest BCUT2D eigenvalue weighted by molar-refractivity contribution is 8.16. The second-order valence-corrected chi connectivity index (χ2v) is 11.8. The first-order chi connectivity index (χ1) is 14.2. The summed E-state index contributed by atoms with van der Waals surface area (Å²) >= 11 is 7.32. The number of amides is 1. The predicted molar refractivity (Wildman–Crippen MR) is 124 cm³/mol. The topological polar surface area (TPSA) is 66.8 Å². The van der Waals surface area contributed by atoms with E-state index in [0.29, 0.717) is 10.2 Å². The van der Waals surface area contributed by atoms with Gasteiger partial charge in [0.1, 0.15) is 0 Å². The van der Waals surface area contributed by atoms with Crippen molar-refractivity contribution in [3.8, 4) is 0 Å². The van der Waals surface area contributed by atoms with E-state index in [9.17, 15) is 13.2 Å². The Balaban J connectivity index is 1.69. The minimum atomic E-state index is -3.10. The number of aliphatic imine (C=N–C) groups is 1. The van der Waals surface area contributed by atoms with Crippen LogP contribution < -0.4 is 4.90 Å². The SMILES string of the molecule is CC(C)c1ccccc1N1C(=NC(=O)Cc2ccc(Cl)cc2)SC2CS(=O)(=O)CC21. The summed E-state index contributed by atoms with van der Waals surface area (Å²) in [5.74, 6) is 0.207. The van der Waals surface area contributed by atoms with Crippen molar-refractivity contribution in [2.24, 2.45) is 4.99 Å². The Kier molecular flexibility index (Phi) is 5.97. The third-order valence-corrected chi connectivity index (χ3v) is 8.84. The Morgan fingerprint density at radius 3 is 2.57 bits per heavy atom. The zero-order valence-electron chi connectivity index (χ0n) is 16.8. The number of carbonyl (C=O) groups is 1. The number of rotatable bonds is 4. The van der Waals surface area contributed by atoms with Crippen LogP contribution in [0.15, 0.2) is 53.5 Å². The minimum Gasteiger partial charge on any atom is -0.315 e. The molecule has 2 unspecified atom stereocenters. The van der Waals surface area contributed by atoms with Crippen LogP contribution in [0.2, 0.25) is 5.02 Å². The summed E-state index contributed by atoms with van der Waals surface area (Å²) in [6.07, 6.45) is 0.175. The highest BCUT2D eigenvalue weighted by Gasteiger charge is 2.49. The lowest BCUT2D eigenvalue weighted by Crippen LogP contribution is -2.38. The van der Waals surface area contributed by atoms with Gasteiger partial charge in [0.05, 0.1) is 24.0 Å². The van der Waals surface area contributed by atoms with Gasteiger partial charge in [-0.05, 0) is 35.2 Å². The van der Waals surface area contributed by atoms with E-state index >= 15 is 0 Å². The van der Waals surface area contributed by atoms with Crippen molar-refractivity contribution in [3.05, 3.63) is 64.7 Å². The zero-order valence-corrected chi connectivity index (χ0v) is 19.2. The molecule has 0 bridgehead atoms. The number of anilines is 1. The molecule has 0 aromatic heterocycles. The fourth-order valence-corrected chi connectivity index (χ4v) is 8.01. The van der Waals surface area contributed by atoms with Gasteiger partial charge in [0.15, 0.2) is 15.0 Å². The Labute approximate surface area is 186 Å². The van der Waals surface area contributed by atoms with E-state index in [1.807, 2.05) is 35.2 Å². The molecular formula is C22H23ClN2O3S2. The molecule has 2 aliphatic heterocycles. The van der Waals surface area contributed by atoms with Crippen molar-refractivity contribution in [3.63, 3.8) is 0 Å². The Hall–Kier alpha value is -1.83. The molecule has 4 rings (SSSR count). The highest BCUT2D eigenvalue weighted by atomic mass is 35.5. The van der Waals surface area contributed by atoms with Crippen molar-refractivity contribution in [1.82, 2.24) is 0 Å². The van der Waals surface area contributed by atoms with Crippen LogP contribution in [0.4, 0.5) is 5.69 Å². The van der Waals surface area contributed by atoms with Gasteiger partial charge in [0, 0.05) is 16.0 Å². The van der Waals surface area contributed by atoms with Crippen molar-refractivity contribution in [2.45, 2.75) is 37.5 Å². The number of para-hydroxylation sites is 1. The minimum absolute atomic E-state index is 0.0848. The third-order valence-electron chi connectivity index (χ3n) is 5.37. The van der Waals surface area contributed by atoms with E-state index < -0.39 is 9.84 Å². The zero-order chi connectivity index (χ0) is 21.5. The number of thioether (sulfide) groups is 1. The van der Waals surface area contributed by atoms with Crippen LogP contribution in [-0.2, 0) is 21.1 Å².